The number of nitrogens with one attached hydrogen (secondary N) is 1. The quantitative estimate of drug-likeness (QED) is 0.600. The van der Waals surface area contributed by atoms with Gasteiger partial charge in [0.15, 0.2) is 0 Å². The summed E-state index contributed by atoms with van der Waals surface area (Å²) in [4.78, 5) is 0. The highest BCUT2D eigenvalue weighted by Crippen LogP contribution is 2.37. The minimum atomic E-state index is -4.45. The van der Waals surface area contributed by atoms with Crippen LogP contribution in [-0.4, -0.2) is 0 Å². The third-order valence-electron chi connectivity index (χ3n) is 3.01. The fourth-order valence-electron chi connectivity index (χ4n) is 2.01. The van der Waals surface area contributed by atoms with Crippen LogP contribution < -0.4 is 11.3 Å². The van der Waals surface area contributed by atoms with Gasteiger partial charge < -0.3 is 0 Å². The molecule has 7 heteroatoms. The molecule has 112 valence electrons. The van der Waals surface area contributed by atoms with Crippen molar-refractivity contribution in [2.45, 2.75) is 12.2 Å². The zero-order chi connectivity index (χ0) is 15.6. The van der Waals surface area contributed by atoms with Gasteiger partial charge >= 0.3 is 6.18 Å². The molecule has 0 aliphatic heterocycles. The summed E-state index contributed by atoms with van der Waals surface area (Å²) >= 11 is 8.99. The Labute approximate surface area is 133 Å². The van der Waals surface area contributed by atoms with Gasteiger partial charge in [0.05, 0.1) is 11.6 Å². The van der Waals surface area contributed by atoms with Crippen molar-refractivity contribution in [2.75, 3.05) is 0 Å². The second kappa shape index (κ2) is 6.36. The maximum atomic E-state index is 13.0. The number of hydrogen-bond donors (Lipinski definition) is 2. The molecule has 0 saturated heterocycles. The topological polar surface area (TPSA) is 38.0 Å². The van der Waals surface area contributed by atoms with Gasteiger partial charge in [-0.2, -0.15) is 13.2 Å². The molecule has 2 nitrogen and oxygen atoms in total. The van der Waals surface area contributed by atoms with E-state index in [0.717, 1.165) is 6.07 Å². The predicted octanol–water partition coefficient (Wildman–Crippen LogP) is 4.67. The van der Waals surface area contributed by atoms with Gasteiger partial charge in [-0.1, -0.05) is 51.8 Å². The van der Waals surface area contributed by atoms with Gasteiger partial charge in [-0.25, -0.2) is 5.43 Å². The fraction of sp³-hybridized carbons (Fsp3) is 0.143. The minimum Gasteiger partial charge on any atom is -0.271 e. The first-order valence-electron chi connectivity index (χ1n) is 5.91. The molecule has 0 aliphatic carbocycles. The summed E-state index contributed by atoms with van der Waals surface area (Å²) in [5.74, 6) is 5.50. The first-order valence-corrected chi connectivity index (χ1v) is 7.09. The predicted molar refractivity (Wildman–Crippen MR) is 79.8 cm³/mol. The molecule has 0 heterocycles. The van der Waals surface area contributed by atoms with E-state index in [2.05, 4.69) is 21.4 Å². The van der Waals surface area contributed by atoms with Crippen LogP contribution in [0.4, 0.5) is 13.2 Å². The van der Waals surface area contributed by atoms with Crippen molar-refractivity contribution in [2.24, 2.45) is 5.84 Å². The summed E-state index contributed by atoms with van der Waals surface area (Å²) in [6, 6.07) is 10.2. The molecule has 0 aliphatic rings. The number of alkyl halides is 3. The molecule has 0 radical (unpaired) electrons. The highest BCUT2D eigenvalue weighted by atomic mass is 79.9. The number of nitrogens with two attached hydrogens (primary N) is 1. The molecule has 1 unspecified atom stereocenters. The van der Waals surface area contributed by atoms with Gasteiger partial charge in [-0.15, -0.1) is 0 Å². The van der Waals surface area contributed by atoms with Gasteiger partial charge in [0.1, 0.15) is 0 Å². The molecule has 2 aromatic carbocycles. The van der Waals surface area contributed by atoms with Crippen LogP contribution in [-0.2, 0) is 6.18 Å². The molecule has 0 fully saturated rings. The van der Waals surface area contributed by atoms with E-state index in [0.29, 0.717) is 16.1 Å². The normalized spacial score (nSPS) is 13.2. The number of hydrazine groups is 1. The molecule has 0 saturated carbocycles. The van der Waals surface area contributed by atoms with E-state index < -0.39 is 17.8 Å². The molecule has 3 N–H and O–H groups in total. The molecule has 0 aromatic heterocycles. The zero-order valence-electron chi connectivity index (χ0n) is 10.6. The highest BCUT2D eigenvalue weighted by Gasteiger charge is 2.33. The van der Waals surface area contributed by atoms with Crippen LogP contribution in [0.5, 0.6) is 0 Å². The Balaban J connectivity index is 2.52. The summed E-state index contributed by atoms with van der Waals surface area (Å²) in [6.45, 7) is 0. The Hall–Kier alpha value is -1.08. The lowest BCUT2D eigenvalue weighted by Crippen LogP contribution is -2.29. The maximum Gasteiger partial charge on any atom is 0.417 e. The lowest BCUT2D eigenvalue weighted by molar-refractivity contribution is -0.138. The smallest absolute Gasteiger partial charge is 0.271 e. The molecule has 2 aromatic rings. The Morgan fingerprint density at radius 1 is 1.14 bits per heavy atom. The van der Waals surface area contributed by atoms with E-state index in [1.165, 1.54) is 6.07 Å². The lowest BCUT2D eigenvalue weighted by Gasteiger charge is -2.20. The molecule has 1 atom stereocenters. The lowest BCUT2D eigenvalue weighted by atomic mass is 9.97. The van der Waals surface area contributed by atoms with Crippen LogP contribution >= 0.6 is 27.5 Å². The number of halogens is 5. The molecule has 0 bridgehead atoms. The second-order valence-electron chi connectivity index (χ2n) is 4.36. The van der Waals surface area contributed by atoms with Crippen molar-refractivity contribution < 1.29 is 13.2 Å². The van der Waals surface area contributed by atoms with Gasteiger partial charge in [0.2, 0.25) is 0 Å². The number of benzene rings is 2. The Kier molecular flexibility index (Phi) is 4.93. The summed E-state index contributed by atoms with van der Waals surface area (Å²) in [5.41, 5.74) is 2.73. The molecule has 0 amide bonds. The van der Waals surface area contributed by atoms with E-state index in [1.807, 2.05) is 0 Å². The second-order valence-corrected chi connectivity index (χ2v) is 5.62. The van der Waals surface area contributed by atoms with Crippen molar-refractivity contribution in [3.8, 4) is 0 Å². The third kappa shape index (κ3) is 3.58. The largest absolute Gasteiger partial charge is 0.417 e. The first kappa shape index (κ1) is 16.3. The van der Waals surface area contributed by atoms with Gasteiger partial charge in [0.25, 0.3) is 0 Å². The van der Waals surface area contributed by atoms with E-state index >= 15 is 0 Å². The summed E-state index contributed by atoms with van der Waals surface area (Å²) in [5, 5.41) is 0.428. The van der Waals surface area contributed by atoms with Crippen LogP contribution in [0.2, 0.25) is 5.02 Å². The van der Waals surface area contributed by atoms with Crippen molar-refractivity contribution in [3.05, 3.63) is 68.7 Å². The fourth-order valence-corrected chi connectivity index (χ4v) is 2.73. The standard InChI is InChI=1S/C14H11BrClF3N2/c15-11-6-5-8(7-10(11)14(17,18)19)13(21-20)9-3-1-2-4-12(9)16/h1-7,13,21H,20H2. The Morgan fingerprint density at radius 3 is 2.38 bits per heavy atom. The molecule has 21 heavy (non-hydrogen) atoms. The van der Waals surface area contributed by atoms with Crippen LogP contribution in [0.25, 0.3) is 0 Å². The van der Waals surface area contributed by atoms with Crippen molar-refractivity contribution in [1.29, 1.82) is 0 Å². The summed E-state index contributed by atoms with van der Waals surface area (Å²) in [6.07, 6.45) is -4.45. The van der Waals surface area contributed by atoms with E-state index in [4.69, 9.17) is 17.4 Å². The van der Waals surface area contributed by atoms with Crippen LogP contribution in [0.15, 0.2) is 46.9 Å². The monoisotopic (exact) mass is 378 g/mol. The average molecular weight is 380 g/mol. The molecular weight excluding hydrogens is 369 g/mol. The van der Waals surface area contributed by atoms with E-state index in [-0.39, 0.29) is 4.47 Å². The van der Waals surface area contributed by atoms with Gasteiger partial charge in [-0.05, 0) is 29.3 Å². The average Bonchev–Trinajstić information content (AvgIpc) is 2.42. The Bertz CT molecular complexity index is 646. The van der Waals surface area contributed by atoms with Crippen molar-refractivity contribution in [3.63, 3.8) is 0 Å². The van der Waals surface area contributed by atoms with Gasteiger partial charge in [0, 0.05) is 9.50 Å². The number of rotatable bonds is 3. The summed E-state index contributed by atoms with van der Waals surface area (Å²) in [7, 11) is 0. The van der Waals surface area contributed by atoms with Crippen molar-refractivity contribution in [1.82, 2.24) is 5.43 Å². The van der Waals surface area contributed by atoms with E-state index in [9.17, 15) is 13.2 Å². The summed E-state index contributed by atoms with van der Waals surface area (Å²) < 4.78 is 38.9. The van der Waals surface area contributed by atoms with Gasteiger partial charge in [-0.3, -0.25) is 5.84 Å². The SMILES string of the molecule is NNC(c1ccc(Br)c(C(F)(F)F)c1)c1ccccc1Cl. The maximum absolute atomic E-state index is 13.0. The Morgan fingerprint density at radius 2 is 1.81 bits per heavy atom. The van der Waals surface area contributed by atoms with Crippen LogP contribution in [0.1, 0.15) is 22.7 Å². The molecule has 0 spiro atoms. The molecular formula is C14H11BrClF3N2. The van der Waals surface area contributed by atoms with Crippen molar-refractivity contribution >= 4 is 27.5 Å². The van der Waals surface area contributed by atoms with Crippen LogP contribution in [0.3, 0.4) is 0 Å². The van der Waals surface area contributed by atoms with Crippen LogP contribution in [0, 0.1) is 0 Å². The molecule has 2 rings (SSSR count). The first-order chi connectivity index (χ1) is 9.84. The zero-order valence-corrected chi connectivity index (χ0v) is 12.9. The van der Waals surface area contributed by atoms with E-state index in [1.54, 1.807) is 30.3 Å². The highest BCUT2D eigenvalue weighted by molar-refractivity contribution is 9.10. The minimum absolute atomic E-state index is 0.0197. The number of hydrogen-bond acceptors (Lipinski definition) is 2. The third-order valence-corrected chi connectivity index (χ3v) is 4.05.